The van der Waals surface area contributed by atoms with E-state index in [1.165, 1.54) is 4.90 Å². The summed E-state index contributed by atoms with van der Waals surface area (Å²) in [5.74, 6) is -0.521. The predicted octanol–water partition coefficient (Wildman–Crippen LogP) is 2.08. The number of aryl methyl sites for hydroxylation is 2. The lowest BCUT2D eigenvalue weighted by atomic mass is 9.85. The summed E-state index contributed by atoms with van der Waals surface area (Å²) in [6, 6.07) is 5.52. The number of carbonyl (C=O) groups excluding carboxylic acids is 3. The minimum Gasteiger partial charge on any atom is -0.334 e. The molecule has 1 aromatic carbocycles. The third kappa shape index (κ3) is 2.49. The Morgan fingerprint density at radius 3 is 2.12 bits per heavy atom. The van der Waals surface area contributed by atoms with Crippen molar-refractivity contribution in [2.75, 3.05) is 13.1 Å². The molecule has 2 fully saturated rings. The van der Waals surface area contributed by atoms with Gasteiger partial charge in [-0.25, -0.2) is 0 Å². The molecule has 0 radical (unpaired) electrons. The second-order valence-corrected chi connectivity index (χ2v) is 7.37. The number of nitrogens with zero attached hydrogens (tertiary/aromatic N) is 2. The largest absolute Gasteiger partial charge is 0.334 e. The second kappa shape index (κ2) is 5.83. The van der Waals surface area contributed by atoms with Crippen molar-refractivity contribution in [2.24, 2.45) is 11.8 Å². The van der Waals surface area contributed by atoms with Gasteiger partial charge in [0.2, 0.25) is 11.8 Å². The summed E-state index contributed by atoms with van der Waals surface area (Å²) in [6.07, 6.45) is 5.30. The molecule has 0 saturated carbocycles. The Hall–Kier alpha value is -2.43. The van der Waals surface area contributed by atoms with Crippen molar-refractivity contribution < 1.29 is 14.4 Å². The lowest BCUT2D eigenvalue weighted by molar-refractivity contribution is -0.145. The van der Waals surface area contributed by atoms with Gasteiger partial charge in [-0.2, -0.15) is 0 Å². The molecule has 0 aromatic heterocycles. The van der Waals surface area contributed by atoms with Gasteiger partial charge in [-0.05, 0) is 49.9 Å². The van der Waals surface area contributed by atoms with Crippen molar-refractivity contribution in [2.45, 2.75) is 32.7 Å². The Kier molecular flexibility index (Phi) is 3.74. The van der Waals surface area contributed by atoms with Crippen molar-refractivity contribution in [1.82, 2.24) is 9.80 Å². The summed E-state index contributed by atoms with van der Waals surface area (Å²) in [5, 5.41) is 0. The molecule has 0 bridgehead atoms. The van der Waals surface area contributed by atoms with E-state index in [0.29, 0.717) is 31.5 Å². The number of carbonyl (C=O) groups is 3. The average Bonchev–Trinajstić information content (AvgIpc) is 2.81. The van der Waals surface area contributed by atoms with Gasteiger partial charge in [-0.3, -0.25) is 19.3 Å². The van der Waals surface area contributed by atoms with E-state index < -0.39 is 0 Å². The van der Waals surface area contributed by atoms with Gasteiger partial charge in [-0.1, -0.05) is 18.2 Å². The molecule has 5 heteroatoms. The van der Waals surface area contributed by atoms with Crippen LogP contribution in [0.5, 0.6) is 0 Å². The van der Waals surface area contributed by atoms with E-state index in [1.54, 1.807) is 4.90 Å². The van der Waals surface area contributed by atoms with E-state index in [4.69, 9.17) is 0 Å². The zero-order valence-corrected chi connectivity index (χ0v) is 14.6. The Labute approximate surface area is 147 Å². The quantitative estimate of drug-likeness (QED) is 0.613. The first-order valence-electron chi connectivity index (χ1n) is 8.86. The van der Waals surface area contributed by atoms with Gasteiger partial charge in [0.15, 0.2) is 0 Å². The monoisotopic (exact) mass is 338 g/mol. The molecule has 2 aliphatic heterocycles. The SMILES string of the molecule is Cc1ccc(C(=O)N2CC(N3C(=O)C4CC=CCC4C3=O)C2)cc1C. The lowest BCUT2D eigenvalue weighted by Crippen LogP contribution is -2.62. The van der Waals surface area contributed by atoms with Crippen LogP contribution in [-0.2, 0) is 9.59 Å². The minimum absolute atomic E-state index is 0.0301. The lowest BCUT2D eigenvalue weighted by Gasteiger charge is -2.43. The van der Waals surface area contributed by atoms with Crippen LogP contribution < -0.4 is 0 Å². The van der Waals surface area contributed by atoms with Gasteiger partial charge in [0.1, 0.15) is 0 Å². The van der Waals surface area contributed by atoms with Crippen LogP contribution >= 0.6 is 0 Å². The van der Waals surface area contributed by atoms with Crippen LogP contribution in [0, 0.1) is 25.7 Å². The Balaban J connectivity index is 1.43. The summed E-state index contributed by atoms with van der Waals surface area (Å²) < 4.78 is 0. The topological polar surface area (TPSA) is 57.7 Å². The number of fused-ring (bicyclic) bond motifs is 1. The van der Waals surface area contributed by atoms with E-state index in [1.807, 2.05) is 44.2 Å². The highest BCUT2D eigenvalue weighted by molar-refractivity contribution is 6.06. The van der Waals surface area contributed by atoms with Gasteiger partial charge in [0.05, 0.1) is 17.9 Å². The molecule has 1 aliphatic carbocycles. The molecule has 2 saturated heterocycles. The highest BCUT2D eigenvalue weighted by Crippen LogP contribution is 2.37. The highest BCUT2D eigenvalue weighted by atomic mass is 16.2. The van der Waals surface area contributed by atoms with Gasteiger partial charge < -0.3 is 4.90 Å². The number of allylic oxidation sites excluding steroid dienone is 2. The molecule has 5 nitrogen and oxygen atoms in total. The first-order valence-corrected chi connectivity index (χ1v) is 8.86. The van der Waals surface area contributed by atoms with Crippen molar-refractivity contribution in [3.63, 3.8) is 0 Å². The first kappa shape index (κ1) is 16.1. The summed E-state index contributed by atoms with van der Waals surface area (Å²) in [5.41, 5.74) is 2.91. The van der Waals surface area contributed by atoms with Crippen LogP contribution in [0.1, 0.15) is 34.3 Å². The van der Waals surface area contributed by atoms with Crippen LogP contribution in [0.4, 0.5) is 0 Å². The normalized spacial score (nSPS) is 26.0. The standard InChI is InChI=1S/C20H22N2O3/c1-12-7-8-14(9-13(12)2)18(23)21-10-15(11-21)22-19(24)16-5-3-4-6-17(16)20(22)25/h3-4,7-9,15-17H,5-6,10-11H2,1-2H3. The number of hydrogen-bond donors (Lipinski definition) is 0. The fraction of sp³-hybridized carbons (Fsp3) is 0.450. The molecule has 1 aromatic rings. The molecule has 2 unspecified atom stereocenters. The van der Waals surface area contributed by atoms with E-state index in [9.17, 15) is 14.4 Å². The van der Waals surface area contributed by atoms with Gasteiger partial charge in [0.25, 0.3) is 5.91 Å². The number of rotatable bonds is 2. The van der Waals surface area contributed by atoms with Crippen molar-refractivity contribution in [3.05, 3.63) is 47.0 Å². The predicted molar refractivity (Wildman–Crippen MR) is 92.8 cm³/mol. The minimum atomic E-state index is -0.193. The Bertz CT molecular complexity index is 766. The number of imide groups is 1. The molecular weight excluding hydrogens is 316 g/mol. The summed E-state index contributed by atoms with van der Waals surface area (Å²) in [4.78, 5) is 40.9. The number of benzene rings is 1. The average molecular weight is 338 g/mol. The van der Waals surface area contributed by atoms with E-state index in [0.717, 1.165) is 11.1 Å². The Morgan fingerprint density at radius 2 is 1.56 bits per heavy atom. The maximum absolute atomic E-state index is 12.6. The van der Waals surface area contributed by atoms with E-state index >= 15 is 0 Å². The Morgan fingerprint density at radius 1 is 0.960 bits per heavy atom. The molecule has 0 N–H and O–H groups in total. The van der Waals surface area contributed by atoms with Crippen LogP contribution in [-0.4, -0.2) is 46.7 Å². The van der Waals surface area contributed by atoms with Crippen molar-refractivity contribution in [1.29, 1.82) is 0 Å². The molecule has 4 rings (SSSR count). The zero-order valence-electron chi connectivity index (χ0n) is 14.6. The molecule has 3 aliphatic rings. The van der Waals surface area contributed by atoms with Crippen molar-refractivity contribution >= 4 is 17.7 Å². The van der Waals surface area contributed by atoms with E-state index in [2.05, 4.69) is 0 Å². The van der Waals surface area contributed by atoms with E-state index in [-0.39, 0.29) is 35.6 Å². The summed E-state index contributed by atoms with van der Waals surface area (Å²) in [7, 11) is 0. The second-order valence-electron chi connectivity index (χ2n) is 7.37. The first-order chi connectivity index (χ1) is 12.0. The van der Waals surface area contributed by atoms with Crippen LogP contribution in [0.15, 0.2) is 30.4 Å². The molecular formula is C20H22N2O3. The molecule has 25 heavy (non-hydrogen) atoms. The summed E-state index contributed by atoms with van der Waals surface area (Å²) >= 11 is 0. The molecule has 3 amide bonds. The molecule has 130 valence electrons. The maximum Gasteiger partial charge on any atom is 0.254 e. The fourth-order valence-electron chi connectivity index (χ4n) is 4.03. The number of amides is 3. The van der Waals surface area contributed by atoms with Crippen LogP contribution in [0.2, 0.25) is 0 Å². The maximum atomic E-state index is 12.6. The fourth-order valence-corrected chi connectivity index (χ4v) is 4.03. The third-order valence-corrected chi connectivity index (χ3v) is 5.81. The van der Waals surface area contributed by atoms with Gasteiger partial charge in [-0.15, -0.1) is 0 Å². The molecule has 0 spiro atoms. The van der Waals surface area contributed by atoms with Gasteiger partial charge in [0, 0.05) is 18.7 Å². The van der Waals surface area contributed by atoms with Crippen LogP contribution in [0.3, 0.4) is 0 Å². The zero-order chi connectivity index (χ0) is 17.7. The van der Waals surface area contributed by atoms with Gasteiger partial charge >= 0.3 is 0 Å². The van der Waals surface area contributed by atoms with Crippen LogP contribution in [0.25, 0.3) is 0 Å². The summed E-state index contributed by atoms with van der Waals surface area (Å²) in [6.45, 7) is 4.89. The molecule has 2 atom stereocenters. The highest BCUT2D eigenvalue weighted by Gasteiger charge is 2.52. The molecule has 2 heterocycles. The van der Waals surface area contributed by atoms with Crippen molar-refractivity contribution in [3.8, 4) is 0 Å². The number of likely N-dealkylation sites (tertiary alicyclic amines) is 2. The third-order valence-electron chi connectivity index (χ3n) is 5.81. The smallest absolute Gasteiger partial charge is 0.254 e. The number of hydrogen-bond acceptors (Lipinski definition) is 3.